The summed E-state index contributed by atoms with van der Waals surface area (Å²) in [5, 5.41) is 3.33. The first kappa shape index (κ1) is 10.4. The predicted molar refractivity (Wildman–Crippen MR) is 67.4 cm³/mol. The van der Waals surface area contributed by atoms with Crippen LogP contribution in [0.4, 0.5) is 5.69 Å². The number of benzene rings is 1. The molecule has 0 atom stereocenters. The first-order valence-corrected chi connectivity index (χ1v) is 5.54. The maximum Gasteiger partial charge on any atom is 0.103 e. The van der Waals surface area contributed by atoms with E-state index in [4.69, 9.17) is 18.0 Å². The van der Waals surface area contributed by atoms with Crippen LogP contribution in [0.25, 0.3) is 0 Å². The number of piperazine rings is 1. The van der Waals surface area contributed by atoms with E-state index in [2.05, 4.69) is 22.3 Å². The SMILES string of the molecule is NC(=S)c1ccc(N2CCNCC2)cc1. The Morgan fingerprint density at radius 3 is 2.33 bits per heavy atom. The number of nitrogens with two attached hydrogens (primary N) is 1. The van der Waals surface area contributed by atoms with Crippen molar-refractivity contribution >= 4 is 22.9 Å². The quantitative estimate of drug-likeness (QED) is 0.723. The van der Waals surface area contributed by atoms with Crippen LogP contribution in [0.2, 0.25) is 0 Å². The Kier molecular flexibility index (Phi) is 3.18. The molecule has 0 unspecified atom stereocenters. The molecular formula is C11H15N3S. The largest absolute Gasteiger partial charge is 0.389 e. The molecule has 1 saturated heterocycles. The van der Waals surface area contributed by atoms with Gasteiger partial charge in [0.1, 0.15) is 4.99 Å². The van der Waals surface area contributed by atoms with E-state index < -0.39 is 0 Å². The summed E-state index contributed by atoms with van der Waals surface area (Å²) < 4.78 is 0. The van der Waals surface area contributed by atoms with Crippen molar-refractivity contribution in [1.82, 2.24) is 5.32 Å². The van der Waals surface area contributed by atoms with Gasteiger partial charge >= 0.3 is 0 Å². The predicted octanol–water partition coefficient (Wildman–Crippen LogP) is 0.730. The number of hydrogen-bond acceptors (Lipinski definition) is 3. The standard InChI is InChI=1S/C11H15N3S/c12-11(15)9-1-3-10(4-2-9)14-7-5-13-6-8-14/h1-4,13H,5-8H2,(H2,12,15). The molecule has 0 saturated carbocycles. The van der Waals surface area contributed by atoms with Crippen molar-refractivity contribution in [3.05, 3.63) is 29.8 Å². The number of nitrogens with zero attached hydrogens (tertiary/aromatic N) is 1. The molecular weight excluding hydrogens is 206 g/mol. The lowest BCUT2D eigenvalue weighted by Crippen LogP contribution is -2.43. The van der Waals surface area contributed by atoms with Crippen LogP contribution in [-0.2, 0) is 0 Å². The summed E-state index contributed by atoms with van der Waals surface area (Å²) in [5.41, 5.74) is 7.73. The van der Waals surface area contributed by atoms with Crippen LogP contribution in [-0.4, -0.2) is 31.2 Å². The van der Waals surface area contributed by atoms with E-state index in [1.807, 2.05) is 12.1 Å². The fraction of sp³-hybridized carbons (Fsp3) is 0.364. The molecule has 1 aliphatic rings. The Hall–Kier alpha value is -1.13. The molecule has 15 heavy (non-hydrogen) atoms. The molecule has 1 fully saturated rings. The Bertz CT molecular complexity index is 341. The lowest BCUT2D eigenvalue weighted by atomic mass is 10.2. The molecule has 80 valence electrons. The Balaban J connectivity index is 2.11. The number of anilines is 1. The zero-order valence-electron chi connectivity index (χ0n) is 8.57. The summed E-state index contributed by atoms with van der Waals surface area (Å²) >= 11 is 4.92. The van der Waals surface area contributed by atoms with E-state index in [-0.39, 0.29) is 0 Å². The average Bonchev–Trinajstić information content (AvgIpc) is 2.30. The molecule has 1 heterocycles. The monoisotopic (exact) mass is 221 g/mol. The van der Waals surface area contributed by atoms with Gasteiger partial charge in [0.2, 0.25) is 0 Å². The summed E-state index contributed by atoms with van der Waals surface area (Å²) in [7, 11) is 0. The normalized spacial score (nSPS) is 16.4. The van der Waals surface area contributed by atoms with E-state index in [9.17, 15) is 0 Å². The van der Waals surface area contributed by atoms with Crippen molar-refractivity contribution in [2.24, 2.45) is 5.73 Å². The van der Waals surface area contributed by atoms with Gasteiger partial charge in [0.05, 0.1) is 0 Å². The third kappa shape index (κ3) is 2.46. The van der Waals surface area contributed by atoms with E-state index in [0.29, 0.717) is 4.99 Å². The summed E-state index contributed by atoms with van der Waals surface area (Å²) in [6.07, 6.45) is 0. The maximum absolute atomic E-state index is 5.55. The van der Waals surface area contributed by atoms with Gasteiger partial charge in [-0.2, -0.15) is 0 Å². The smallest absolute Gasteiger partial charge is 0.103 e. The van der Waals surface area contributed by atoms with E-state index >= 15 is 0 Å². The molecule has 0 amide bonds. The summed E-state index contributed by atoms with van der Waals surface area (Å²) in [6.45, 7) is 4.23. The van der Waals surface area contributed by atoms with Gasteiger partial charge in [-0.15, -0.1) is 0 Å². The minimum absolute atomic E-state index is 0.460. The Morgan fingerprint density at radius 2 is 1.80 bits per heavy atom. The van der Waals surface area contributed by atoms with Gasteiger partial charge in [0.25, 0.3) is 0 Å². The van der Waals surface area contributed by atoms with Crippen molar-refractivity contribution in [1.29, 1.82) is 0 Å². The van der Waals surface area contributed by atoms with Crippen molar-refractivity contribution in [3.8, 4) is 0 Å². The van der Waals surface area contributed by atoms with Gasteiger partial charge in [-0.3, -0.25) is 0 Å². The van der Waals surface area contributed by atoms with Gasteiger partial charge in [0.15, 0.2) is 0 Å². The van der Waals surface area contributed by atoms with Crippen molar-refractivity contribution in [2.45, 2.75) is 0 Å². The summed E-state index contributed by atoms with van der Waals surface area (Å²) in [6, 6.07) is 8.14. The van der Waals surface area contributed by atoms with Crippen molar-refractivity contribution in [3.63, 3.8) is 0 Å². The molecule has 1 aromatic rings. The zero-order valence-corrected chi connectivity index (χ0v) is 9.39. The van der Waals surface area contributed by atoms with Gasteiger partial charge in [0, 0.05) is 37.4 Å². The van der Waals surface area contributed by atoms with Crippen LogP contribution in [0.3, 0.4) is 0 Å². The second-order valence-electron chi connectivity index (χ2n) is 3.65. The molecule has 3 nitrogen and oxygen atoms in total. The van der Waals surface area contributed by atoms with Crippen LogP contribution >= 0.6 is 12.2 Å². The number of rotatable bonds is 2. The second kappa shape index (κ2) is 4.59. The van der Waals surface area contributed by atoms with Crippen molar-refractivity contribution < 1.29 is 0 Å². The maximum atomic E-state index is 5.55. The van der Waals surface area contributed by atoms with Crippen molar-refractivity contribution in [2.75, 3.05) is 31.1 Å². The molecule has 0 aliphatic carbocycles. The van der Waals surface area contributed by atoms with Gasteiger partial charge < -0.3 is 16.0 Å². The zero-order chi connectivity index (χ0) is 10.7. The highest BCUT2D eigenvalue weighted by atomic mass is 32.1. The lowest BCUT2D eigenvalue weighted by Gasteiger charge is -2.29. The molecule has 1 aromatic carbocycles. The molecule has 0 bridgehead atoms. The molecule has 1 aliphatic heterocycles. The highest BCUT2D eigenvalue weighted by Crippen LogP contribution is 2.15. The van der Waals surface area contributed by atoms with Crippen LogP contribution in [0.1, 0.15) is 5.56 Å². The van der Waals surface area contributed by atoms with E-state index in [1.165, 1.54) is 5.69 Å². The minimum Gasteiger partial charge on any atom is -0.389 e. The number of nitrogens with one attached hydrogen (secondary N) is 1. The fourth-order valence-corrected chi connectivity index (χ4v) is 1.90. The van der Waals surface area contributed by atoms with Gasteiger partial charge in [-0.05, 0) is 24.3 Å². The van der Waals surface area contributed by atoms with Crippen LogP contribution < -0.4 is 16.0 Å². The topological polar surface area (TPSA) is 41.3 Å². The summed E-state index contributed by atoms with van der Waals surface area (Å²) in [4.78, 5) is 2.82. The Labute approximate surface area is 95.3 Å². The molecule has 2 rings (SSSR count). The molecule has 4 heteroatoms. The average molecular weight is 221 g/mol. The lowest BCUT2D eigenvalue weighted by molar-refractivity contribution is 0.589. The molecule has 0 spiro atoms. The molecule has 0 aromatic heterocycles. The second-order valence-corrected chi connectivity index (χ2v) is 4.09. The first-order chi connectivity index (χ1) is 7.27. The minimum atomic E-state index is 0.460. The summed E-state index contributed by atoms with van der Waals surface area (Å²) in [5.74, 6) is 0. The van der Waals surface area contributed by atoms with Crippen LogP contribution in [0, 0.1) is 0 Å². The number of thiocarbonyl (C=S) groups is 1. The third-order valence-corrected chi connectivity index (χ3v) is 2.87. The number of hydrogen-bond donors (Lipinski definition) is 2. The van der Waals surface area contributed by atoms with Gasteiger partial charge in [-0.1, -0.05) is 12.2 Å². The fourth-order valence-electron chi connectivity index (χ4n) is 1.76. The Morgan fingerprint density at radius 1 is 1.20 bits per heavy atom. The van der Waals surface area contributed by atoms with Gasteiger partial charge in [-0.25, -0.2) is 0 Å². The molecule has 0 radical (unpaired) electrons. The molecule has 3 N–H and O–H groups in total. The third-order valence-electron chi connectivity index (χ3n) is 2.63. The van der Waals surface area contributed by atoms with E-state index in [1.54, 1.807) is 0 Å². The highest BCUT2D eigenvalue weighted by Gasteiger charge is 2.09. The van der Waals surface area contributed by atoms with Crippen LogP contribution in [0.5, 0.6) is 0 Å². The first-order valence-electron chi connectivity index (χ1n) is 5.13. The highest BCUT2D eigenvalue weighted by molar-refractivity contribution is 7.80. The van der Waals surface area contributed by atoms with Crippen LogP contribution in [0.15, 0.2) is 24.3 Å². The van der Waals surface area contributed by atoms with E-state index in [0.717, 1.165) is 31.7 Å².